The predicted molar refractivity (Wildman–Crippen MR) is 73.0 cm³/mol. The highest BCUT2D eigenvalue weighted by atomic mass is 32.1. The summed E-state index contributed by atoms with van der Waals surface area (Å²) in [7, 11) is 0. The summed E-state index contributed by atoms with van der Waals surface area (Å²) in [6, 6.07) is 8.74. The lowest BCUT2D eigenvalue weighted by Crippen LogP contribution is -2.20. The molecule has 0 unspecified atom stereocenters. The van der Waals surface area contributed by atoms with Gasteiger partial charge in [0, 0.05) is 18.0 Å². The van der Waals surface area contributed by atoms with E-state index in [-0.39, 0.29) is 0 Å². The molecule has 0 aliphatic carbocycles. The van der Waals surface area contributed by atoms with Crippen LogP contribution in [0.15, 0.2) is 41.8 Å². The zero-order valence-corrected chi connectivity index (χ0v) is 11.4. The maximum Gasteiger partial charge on any atom is 0.416 e. The van der Waals surface area contributed by atoms with E-state index in [0.29, 0.717) is 18.9 Å². The van der Waals surface area contributed by atoms with Crippen molar-refractivity contribution in [2.24, 2.45) is 0 Å². The zero-order chi connectivity index (χ0) is 14.4. The highest BCUT2D eigenvalue weighted by Gasteiger charge is 2.29. The van der Waals surface area contributed by atoms with E-state index < -0.39 is 11.7 Å². The van der Waals surface area contributed by atoms with Gasteiger partial charge >= 0.3 is 6.18 Å². The van der Waals surface area contributed by atoms with Crippen LogP contribution in [0, 0.1) is 0 Å². The molecule has 2 aromatic rings. The van der Waals surface area contributed by atoms with E-state index in [2.05, 4.69) is 5.32 Å². The highest BCUT2D eigenvalue weighted by molar-refractivity contribution is 7.09. The largest absolute Gasteiger partial charge is 0.492 e. The van der Waals surface area contributed by atoms with Crippen LogP contribution in [0.3, 0.4) is 0 Å². The van der Waals surface area contributed by atoms with Crippen molar-refractivity contribution >= 4 is 11.3 Å². The molecule has 0 radical (unpaired) electrons. The molecule has 0 saturated carbocycles. The lowest BCUT2D eigenvalue weighted by atomic mass is 10.2. The van der Waals surface area contributed by atoms with Crippen LogP contribution in [-0.2, 0) is 12.7 Å². The molecule has 6 heteroatoms. The first-order valence-electron chi connectivity index (χ1n) is 6.09. The third kappa shape index (κ3) is 4.54. The Labute approximate surface area is 119 Å². The van der Waals surface area contributed by atoms with E-state index in [9.17, 15) is 13.2 Å². The number of halogens is 3. The molecule has 0 spiro atoms. The molecule has 1 aromatic heterocycles. The molecule has 2 rings (SSSR count). The number of alkyl halides is 3. The SMILES string of the molecule is FC(F)(F)c1ccc(OCCNCc2cccs2)cc1. The van der Waals surface area contributed by atoms with E-state index in [1.807, 2.05) is 17.5 Å². The number of rotatable bonds is 6. The Morgan fingerprint density at radius 2 is 1.85 bits per heavy atom. The highest BCUT2D eigenvalue weighted by Crippen LogP contribution is 2.30. The van der Waals surface area contributed by atoms with E-state index in [1.54, 1.807) is 11.3 Å². The lowest BCUT2D eigenvalue weighted by Gasteiger charge is -2.09. The molecule has 0 atom stereocenters. The third-order valence-electron chi connectivity index (χ3n) is 2.61. The summed E-state index contributed by atoms with van der Waals surface area (Å²) in [6.45, 7) is 1.82. The Bertz CT molecular complexity index is 508. The van der Waals surface area contributed by atoms with Crippen molar-refractivity contribution in [1.29, 1.82) is 0 Å². The summed E-state index contributed by atoms with van der Waals surface area (Å²) < 4.78 is 42.4. The number of thiophene rings is 1. The summed E-state index contributed by atoms with van der Waals surface area (Å²) in [4.78, 5) is 1.24. The van der Waals surface area contributed by atoms with Gasteiger partial charge in [-0.05, 0) is 35.7 Å². The molecule has 0 saturated heterocycles. The number of hydrogen-bond acceptors (Lipinski definition) is 3. The van der Waals surface area contributed by atoms with Crippen molar-refractivity contribution in [2.45, 2.75) is 12.7 Å². The summed E-state index contributed by atoms with van der Waals surface area (Å²) in [5.74, 6) is 0.441. The molecule has 0 aliphatic heterocycles. The van der Waals surface area contributed by atoms with E-state index in [4.69, 9.17) is 4.74 Å². The molecule has 108 valence electrons. The summed E-state index contributed by atoms with van der Waals surface area (Å²) in [6.07, 6.45) is -4.30. The van der Waals surface area contributed by atoms with Crippen molar-refractivity contribution in [2.75, 3.05) is 13.2 Å². The molecule has 0 fully saturated rings. The predicted octanol–water partition coefficient (Wildman–Crippen LogP) is 3.94. The minimum absolute atomic E-state index is 0.413. The van der Waals surface area contributed by atoms with Crippen LogP contribution in [-0.4, -0.2) is 13.2 Å². The first-order chi connectivity index (χ1) is 9.55. The minimum Gasteiger partial charge on any atom is -0.492 e. The molecule has 1 N–H and O–H groups in total. The first kappa shape index (κ1) is 14.9. The van der Waals surface area contributed by atoms with Crippen molar-refractivity contribution in [3.05, 3.63) is 52.2 Å². The quantitative estimate of drug-likeness (QED) is 0.816. The standard InChI is InChI=1S/C14H14F3NOS/c15-14(16,17)11-3-5-12(6-4-11)19-8-7-18-10-13-2-1-9-20-13/h1-6,9,18H,7-8,10H2. The van der Waals surface area contributed by atoms with Gasteiger partial charge in [0.2, 0.25) is 0 Å². The van der Waals surface area contributed by atoms with Gasteiger partial charge in [0.15, 0.2) is 0 Å². The molecule has 1 heterocycles. The van der Waals surface area contributed by atoms with Gasteiger partial charge in [0.25, 0.3) is 0 Å². The van der Waals surface area contributed by atoms with Crippen molar-refractivity contribution in [3.8, 4) is 5.75 Å². The van der Waals surface area contributed by atoms with Crippen LogP contribution in [0.2, 0.25) is 0 Å². The fraction of sp³-hybridized carbons (Fsp3) is 0.286. The topological polar surface area (TPSA) is 21.3 Å². The van der Waals surface area contributed by atoms with Gasteiger partial charge < -0.3 is 10.1 Å². The van der Waals surface area contributed by atoms with Crippen molar-refractivity contribution in [1.82, 2.24) is 5.32 Å². The van der Waals surface area contributed by atoms with Gasteiger partial charge in [-0.3, -0.25) is 0 Å². The molecule has 2 nitrogen and oxygen atoms in total. The van der Waals surface area contributed by atoms with Crippen molar-refractivity contribution < 1.29 is 17.9 Å². The van der Waals surface area contributed by atoms with Crippen LogP contribution in [0.4, 0.5) is 13.2 Å². The molecular weight excluding hydrogens is 287 g/mol. The van der Waals surface area contributed by atoms with Crippen LogP contribution < -0.4 is 10.1 Å². The van der Waals surface area contributed by atoms with E-state index in [1.165, 1.54) is 17.0 Å². The normalized spacial score (nSPS) is 11.6. The van der Waals surface area contributed by atoms with Crippen LogP contribution in [0.1, 0.15) is 10.4 Å². The zero-order valence-electron chi connectivity index (χ0n) is 10.6. The van der Waals surface area contributed by atoms with Crippen LogP contribution in [0.5, 0.6) is 5.75 Å². The fourth-order valence-electron chi connectivity index (χ4n) is 1.61. The second kappa shape index (κ2) is 6.76. The molecule has 0 bridgehead atoms. The van der Waals surface area contributed by atoms with Crippen LogP contribution >= 0.6 is 11.3 Å². The third-order valence-corrected chi connectivity index (χ3v) is 3.48. The lowest BCUT2D eigenvalue weighted by molar-refractivity contribution is -0.137. The number of hydrogen-bond donors (Lipinski definition) is 1. The number of benzene rings is 1. The molecule has 20 heavy (non-hydrogen) atoms. The fourth-order valence-corrected chi connectivity index (χ4v) is 2.28. The maximum absolute atomic E-state index is 12.4. The molecule has 0 aliphatic rings. The Morgan fingerprint density at radius 1 is 1.10 bits per heavy atom. The Morgan fingerprint density at radius 3 is 2.45 bits per heavy atom. The monoisotopic (exact) mass is 301 g/mol. The second-order valence-electron chi connectivity index (χ2n) is 4.13. The van der Waals surface area contributed by atoms with Crippen LogP contribution in [0.25, 0.3) is 0 Å². The molecule has 1 aromatic carbocycles. The van der Waals surface area contributed by atoms with Crippen molar-refractivity contribution in [3.63, 3.8) is 0 Å². The average Bonchev–Trinajstić information content (AvgIpc) is 2.91. The molecule has 0 amide bonds. The summed E-state index contributed by atoms with van der Waals surface area (Å²) >= 11 is 1.67. The van der Waals surface area contributed by atoms with Gasteiger partial charge in [0.1, 0.15) is 12.4 Å². The first-order valence-corrected chi connectivity index (χ1v) is 6.97. The van der Waals surface area contributed by atoms with E-state index >= 15 is 0 Å². The average molecular weight is 301 g/mol. The number of nitrogens with one attached hydrogen (secondary N) is 1. The van der Waals surface area contributed by atoms with Gasteiger partial charge in [-0.1, -0.05) is 6.07 Å². The maximum atomic E-state index is 12.4. The minimum atomic E-state index is -4.30. The van der Waals surface area contributed by atoms with Gasteiger partial charge in [-0.2, -0.15) is 13.2 Å². The summed E-state index contributed by atoms with van der Waals surface area (Å²) in [5, 5.41) is 5.21. The Hall–Kier alpha value is -1.53. The van der Waals surface area contributed by atoms with Gasteiger partial charge in [-0.15, -0.1) is 11.3 Å². The second-order valence-corrected chi connectivity index (χ2v) is 5.16. The molecular formula is C14H14F3NOS. The van der Waals surface area contributed by atoms with E-state index in [0.717, 1.165) is 18.7 Å². The Kier molecular flexibility index (Phi) is 5.03. The Balaban J connectivity index is 1.69. The van der Waals surface area contributed by atoms with Gasteiger partial charge in [0.05, 0.1) is 5.56 Å². The van der Waals surface area contributed by atoms with Gasteiger partial charge in [-0.25, -0.2) is 0 Å². The smallest absolute Gasteiger partial charge is 0.416 e. The number of ether oxygens (including phenoxy) is 1. The summed E-state index contributed by atoms with van der Waals surface area (Å²) in [5.41, 5.74) is -0.666.